The fourth-order valence-electron chi connectivity index (χ4n) is 6.72. The van der Waals surface area contributed by atoms with Crippen molar-refractivity contribution < 1.29 is 0 Å². The van der Waals surface area contributed by atoms with E-state index < -0.39 is 0 Å². The molecular weight excluding hydrogens is 521 g/mol. The van der Waals surface area contributed by atoms with Crippen molar-refractivity contribution in [2.75, 3.05) is 0 Å². The SMILES string of the molecule is c1ccc2c(-c3c4ccccc4c(-c4cccc5sc6ccc7sccc7c6c45)c4ccccc34)cccc2c1. The van der Waals surface area contributed by atoms with Gasteiger partial charge in [0.1, 0.15) is 0 Å². The maximum absolute atomic E-state index is 2.34. The summed E-state index contributed by atoms with van der Waals surface area (Å²) in [7, 11) is 0. The standard InChI is InChI=1S/C38H22S2/c1-2-11-24-23(9-1)10-7-16-25(24)35-26-12-3-5-14-28(26)36(29-15-6-4-13-27(29)35)31-17-8-18-33-38(31)37-30-21-22-39-32(30)19-20-34(37)40-33/h1-22H. The number of benzene rings is 7. The predicted octanol–water partition coefficient (Wildman–Crippen LogP) is 12.1. The van der Waals surface area contributed by atoms with Crippen molar-refractivity contribution in [2.24, 2.45) is 0 Å². The second kappa shape index (κ2) is 8.50. The molecule has 9 aromatic rings. The van der Waals surface area contributed by atoms with Crippen molar-refractivity contribution in [3.63, 3.8) is 0 Å². The molecule has 0 bridgehead atoms. The highest BCUT2D eigenvalue weighted by molar-refractivity contribution is 7.26. The van der Waals surface area contributed by atoms with Gasteiger partial charge in [-0.3, -0.25) is 0 Å². The van der Waals surface area contributed by atoms with Crippen molar-refractivity contribution in [1.29, 1.82) is 0 Å². The second-order valence-electron chi connectivity index (χ2n) is 10.4. The van der Waals surface area contributed by atoms with E-state index in [0.717, 1.165) is 0 Å². The Kier molecular flexibility index (Phi) is 4.74. The van der Waals surface area contributed by atoms with E-state index in [1.54, 1.807) is 0 Å². The summed E-state index contributed by atoms with van der Waals surface area (Å²) in [5.41, 5.74) is 5.25. The Bertz CT molecular complexity index is 2370. The molecule has 2 aromatic heterocycles. The number of hydrogen-bond donors (Lipinski definition) is 0. The van der Waals surface area contributed by atoms with Crippen molar-refractivity contribution >= 4 is 85.2 Å². The first-order valence-electron chi connectivity index (χ1n) is 13.6. The largest absolute Gasteiger partial charge is 0.144 e. The Morgan fingerprint density at radius 1 is 0.350 bits per heavy atom. The molecule has 0 fully saturated rings. The van der Waals surface area contributed by atoms with E-state index >= 15 is 0 Å². The molecule has 0 aliphatic carbocycles. The fraction of sp³-hybridized carbons (Fsp3) is 0. The van der Waals surface area contributed by atoms with Gasteiger partial charge in [0.2, 0.25) is 0 Å². The van der Waals surface area contributed by atoms with Crippen LogP contribution >= 0.6 is 22.7 Å². The first kappa shape index (κ1) is 22.3. The van der Waals surface area contributed by atoms with E-state index in [0.29, 0.717) is 0 Å². The number of thiophene rings is 2. The molecule has 0 N–H and O–H groups in total. The van der Waals surface area contributed by atoms with Gasteiger partial charge < -0.3 is 0 Å². The lowest BCUT2D eigenvalue weighted by molar-refractivity contribution is 1.69. The van der Waals surface area contributed by atoms with Crippen LogP contribution in [-0.4, -0.2) is 0 Å². The maximum Gasteiger partial charge on any atom is 0.0362 e. The molecule has 0 saturated heterocycles. The molecule has 0 aliphatic heterocycles. The minimum atomic E-state index is 1.27. The number of rotatable bonds is 2. The van der Waals surface area contributed by atoms with Crippen LogP contribution in [0, 0.1) is 0 Å². The van der Waals surface area contributed by atoms with Crippen LogP contribution in [0.5, 0.6) is 0 Å². The minimum Gasteiger partial charge on any atom is -0.144 e. The van der Waals surface area contributed by atoms with Gasteiger partial charge in [-0.1, -0.05) is 103 Å². The van der Waals surface area contributed by atoms with Crippen LogP contribution in [0.2, 0.25) is 0 Å². The van der Waals surface area contributed by atoms with Gasteiger partial charge in [0.15, 0.2) is 0 Å². The van der Waals surface area contributed by atoms with Crippen LogP contribution in [0.25, 0.3) is 84.8 Å². The highest BCUT2D eigenvalue weighted by Gasteiger charge is 2.21. The number of fused-ring (bicyclic) bond motifs is 8. The summed E-state index contributed by atoms with van der Waals surface area (Å²) in [6.45, 7) is 0. The van der Waals surface area contributed by atoms with Gasteiger partial charge in [-0.25, -0.2) is 0 Å². The topological polar surface area (TPSA) is 0 Å². The smallest absolute Gasteiger partial charge is 0.0362 e. The van der Waals surface area contributed by atoms with Gasteiger partial charge in [-0.2, -0.15) is 0 Å². The number of hydrogen-bond acceptors (Lipinski definition) is 2. The summed E-state index contributed by atoms with van der Waals surface area (Å²) in [6, 6.07) is 47.2. The lowest BCUT2D eigenvalue weighted by Gasteiger charge is -2.19. The molecule has 0 saturated carbocycles. The Hall–Kier alpha value is -4.50. The molecule has 186 valence electrons. The molecule has 0 radical (unpaired) electrons. The van der Waals surface area contributed by atoms with Crippen LogP contribution in [0.15, 0.2) is 133 Å². The average Bonchev–Trinajstić information content (AvgIpc) is 3.64. The first-order chi connectivity index (χ1) is 19.9. The van der Waals surface area contributed by atoms with Crippen molar-refractivity contribution in [2.45, 2.75) is 0 Å². The highest BCUT2D eigenvalue weighted by atomic mass is 32.1. The summed E-state index contributed by atoms with van der Waals surface area (Å²) in [5, 5.41) is 14.1. The van der Waals surface area contributed by atoms with Gasteiger partial charge in [-0.15, -0.1) is 22.7 Å². The van der Waals surface area contributed by atoms with Crippen molar-refractivity contribution in [3.8, 4) is 22.3 Å². The van der Waals surface area contributed by atoms with Crippen molar-refractivity contribution in [1.82, 2.24) is 0 Å². The average molecular weight is 543 g/mol. The second-order valence-corrected chi connectivity index (χ2v) is 12.5. The van der Waals surface area contributed by atoms with E-state index in [1.807, 2.05) is 22.7 Å². The van der Waals surface area contributed by atoms with E-state index in [-0.39, 0.29) is 0 Å². The Labute approximate surface area is 239 Å². The van der Waals surface area contributed by atoms with E-state index in [2.05, 4.69) is 133 Å². The van der Waals surface area contributed by atoms with Gasteiger partial charge in [0.25, 0.3) is 0 Å². The molecule has 0 atom stereocenters. The zero-order valence-electron chi connectivity index (χ0n) is 21.5. The van der Waals surface area contributed by atoms with Gasteiger partial charge in [0, 0.05) is 30.3 Å². The zero-order valence-corrected chi connectivity index (χ0v) is 23.2. The predicted molar refractivity (Wildman–Crippen MR) is 178 cm³/mol. The van der Waals surface area contributed by atoms with Crippen LogP contribution in [-0.2, 0) is 0 Å². The van der Waals surface area contributed by atoms with Gasteiger partial charge in [-0.05, 0) is 84.2 Å². The van der Waals surface area contributed by atoms with E-state index in [4.69, 9.17) is 0 Å². The first-order valence-corrected chi connectivity index (χ1v) is 15.3. The van der Waals surface area contributed by atoms with Crippen molar-refractivity contribution in [3.05, 3.63) is 133 Å². The molecule has 0 aliphatic rings. The third-order valence-corrected chi connectivity index (χ3v) is 10.4. The van der Waals surface area contributed by atoms with Crippen LogP contribution in [0.3, 0.4) is 0 Å². The quantitative estimate of drug-likeness (QED) is 0.191. The molecule has 0 amide bonds. The third kappa shape index (κ3) is 3.06. The van der Waals surface area contributed by atoms with E-state index in [1.165, 1.54) is 84.8 Å². The summed E-state index contributed by atoms with van der Waals surface area (Å²) in [4.78, 5) is 0. The summed E-state index contributed by atoms with van der Waals surface area (Å²) in [5.74, 6) is 0. The fourth-order valence-corrected chi connectivity index (χ4v) is 8.66. The highest BCUT2D eigenvalue weighted by Crippen LogP contribution is 2.49. The molecule has 0 nitrogen and oxygen atoms in total. The van der Waals surface area contributed by atoms with Crippen LogP contribution < -0.4 is 0 Å². The molecule has 2 heteroatoms. The Balaban J connectivity index is 1.50. The summed E-state index contributed by atoms with van der Waals surface area (Å²) in [6.07, 6.45) is 0. The summed E-state index contributed by atoms with van der Waals surface area (Å²) >= 11 is 3.73. The summed E-state index contributed by atoms with van der Waals surface area (Å²) < 4.78 is 4.05. The molecule has 0 unspecified atom stereocenters. The Morgan fingerprint density at radius 3 is 1.65 bits per heavy atom. The lowest BCUT2D eigenvalue weighted by Crippen LogP contribution is -1.92. The molecule has 9 rings (SSSR count). The lowest BCUT2D eigenvalue weighted by atomic mass is 9.84. The Morgan fingerprint density at radius 2 is 0.900 bits per heavy atom. The monoisotopic (exact) mass is 542 g/mol. The molecule has 7 aromatic carbocycles. The third-order valence-electron chi connectivity index (χ3n) is 8.35. The van der Waals surface area contributed by atoms with Crippen LogP contribution in [0.1, 0.15) is 0 Å². The minimum absolute atomic E-state index is 1.27. The van der Waals surface area contributed by atoms with Crippen LogP contribution in [0.4, 0.5) is 0 Å². The van der Waals surface area contributed by atoms with Gasteiger partial charge in [0.05, 0.1) is 0 Å². The van der Waals surface area contributed by atoms with E-state index in [9.17, 15) is 0 Å². The zero-order chi connectivity index (χ0) is 26.2. The molecule has 0 spiro atoms. The normalized spacial score (nSPS) is 12.0. The maximum atomic E-state index is 2.34. The molecule has 2 heterocycles. The molecule has 40 heavy (non-hydrogen) atoms. The van der Waals surface area contributed by atoms with Gasteiger partial charge >= 0.3 is 0 Å². The molecular formula is C38H22S2.